The Kier molecular flexibility index (Phi) is 7.49. The second-order valence-electron chi connectivity index (χ2n) is 5.61. The van der Waals surface area contributed by atoms with Gasteiger partial charge in [-0.1, -0.05) is 12.1 Å². The van der Waals surface area contributed by atoms with Crippen LogP contribution in [0.25, 0.3) is 0 Å². The van der Waals surface area contributed by atoms with Crippen molar-refractivity contribution in [2.24, 2.45) is 0 Å². The molecule has 26 heavy (non-hydrogen) atoms. The summed E-state index contributed by atoms with van der Waals surface area (Å²) >= 11 is 1.25. The smallest absolute Gasteiger partial charge is 0.321 e. The van der Waals surface area contributed by atoms with E-state index in [1.54, 1.807) is 24.6 Å². The van der Waals surface area contributed by atoms with Gasteiger partial charge in [0.1, 0.15) is 5.82 Å². The first-order chi connectivity index (χ1) is 12.5. The molecule has 0 radical (unpaired) electrons. The summed E-state index contributed by atoms with van der Waals surface area (Å²) in [4.78, 5) is 27.8. The second-order valence-corrected chi connectivity index (χ2v) is 6.47. The molecule has 0 aliphatic rings. The number of urea groups is 1. The van der Waals surface area contributed by atoms with Gasteiger partial charge in [-0.2, -0.15) is 0 Å². The third-order valence-corrected chi connectivity index (χ3v) is 4.26. The second kappa shape index (κ2) is 9.83. The lowest BCUT2D eigenvalue weighted by atomic mass is 10.2. The molecule has 3 N–H and O–H groups in total. The molecular formula is C17H21FN4O3S. The molecule has 140 valence electrons. The van der Waals surface area contributed by atoms with Crippen molar-refractivity contribution in [3.8, 4) is 0 Å². The maximum absolute atomic E-state index is 13.1. The molecule has 0 aliphatic carbocycles. The Balaban J connectivity index is 1.75. The molecule has 9 heteroatoms. The zero-order valence-corrected chi connectivity index (χ0v) is 15.4. The quantitative estimate of drug-likeness (QED) is 0.656. The molecule has 1 unspecified atom stereocenters. The lowest BCUT2D eigenvalue weighted by Gasteiger charge is -2.08. The maximum Gasteiger partial charge on any atom is 0.321 e. The molecule has 0 saturated carbocycles. The number of aromatic nitrogens is 1. The topological polar surface area (TPSA) is 92.4 Å². The molecule has 2 rings (SSSR count). The Morgan fingerprint density at radius 1 is 1.31 bits per heavy atom. The Morgan fingerprint density at radius 3 is 2.85 bits per heavy atom. The van der Waals surface area contributed by atoms with Crippen LogP contribution in [0.4, 0.5) is 14.3 Å². The number of hydrogen-bond acceptors (Lipinski definition) is 5. The standard InChI is InChI=1S/C17H21FN4O3S/c1-11(25-2)6-15(23)19-9-14-10-26-17(21-14)22-16(24)20-8-12-4-3-5-13(18)7-12/h3-5,7,10-11H,6,8-9H2,1-2H3,(H,19,23)(H2,20,21,22,24). The third kappa shape index (κ3) is 6.77. The van der Waals surface area contributed by atoms with E-state index in [9.17, 15) is 14.0 Å². The maximum atomic E-state index is 13.1. The SMILES string of the molecule is COC(C)CC(=O)NCc1csc(NC(=O)NCc2cccc(F)c2)n1. The van der Waals surface area contributed by atoms with Crippen molar-refractivity contribution >= 4 is 28.4 Å². The molecule has 1 aromatic carbocycles. The van der Waals surface area contributed by atoms with Crippen molar-refractivity contribution in [3.05, 3.63) is 46.7 Å². The van der Waals surface area contributed by atoms with Gasteiger partial charge in [-0.3, -0.25) is 10.1 Å². The Labute approximate surface area is 155 Å². The fourth-order valence-electron chi connectivity index (χ4n) is 2.02. The number of hydrogen-bond donors (Lipinski definition) is 3. The predicted octanol–water partition coefficient (Wildman–Crippen LogP) is 2.65. The number of nitrogens with one attached hydrogen (secondary N) is 3. The van der Waals surface area contributed by atoms with Crippen molar-refractivity contribution < 1.29 is 18.7 Å². The Morgan fingerprint density at radius 2 is 2.12 bits per heavy atom. The van der Waals surface area contributed by atoms with Crippen LogP contribution in [0.15, 0.2) is 29.6 Å². The minimum atomic E-state index is -0.437. The van der Waals surface area contributed by atoms with E-state index in [0.717, 1.165) is 0 Å². The molecule has 0 fully saturated rings. The largest absolute Gasteiger partial charge is 0.381 e. The van der Waals surface area contributed by atoms with E-state index in [1.807, 2.05) is 6.92 Å². The normalized spacial score (nSPS) is 11.7. The van der Waals surface area contributed by atoms with Crippen molar-refractivity contribution in [1.82, 2.24) is 15.6 Å². The number of nitrogens with zero attached hydrogens (tertiary/aromatic N) is 1. The lowest BCUT2D eigenvalue weighted by Crippen LogP contribution is -2.28. The zero-order chi connectivity index (χ0) is 18.9. The molecule has 2 aromatic rings. The van der Waals surface area contributed by atoms with Gasteiger partial charge in [0.05, 0.1) is 24.8 Å². The van der Waals surface area contributed by atoms with Gasteiger partial charge in [-0.25, -0.2) is 14.2 Å². The molecule has 0 aliphatic heterocycles. The van der Waals surface area contributed by atoms with E-state index >= 15 is 0 Å². The summed E-state index contributed by atoms with van der Waals surface area (Å²) in [6, 6.07) is 5.56. The fourth-order valence-corrected chi connectivity index (χ4v) is 2.73. The van der Waals surface area contributed by atoms with Gasteiger partial charge in [-0.15, -0.1) is 11.3 Å². The van der Waals surface area contributed by atoms with Gasteiger partial charge in [0.15, 0.2) is 5.13 Å². The summed E-state index contributed by atoms with van der Waals surface area (Å²) in [7, 11) is 1.55. The van der Waals surface area contributed by atoms with Crippen LogP contribution in [0.3, 0.4) is 0 Å². The summed E-state index contributed by atoms with van der Waals surface area (Å²) in [5.74, 6) is -0.481. The van der Waals surface area contributed by atoms with Crippen LogP contribution >= 0.6 is 11.3 Å². The van der Waals surface area contributed by atoms with Gasteiger partial charge in [0, 0.05) is 19.0 Å². The monoisotopic (exact) mass is 380 g/mol. The number of thiazole rings is 1. The molecule has 1 heterocycles. The zero-order valence-electron chi connectivity index (χ0n) is 14.5. The molecule has 0 bridgehead atoms. The summed E-state index contributed by atoms with van der Waals surface area (Å²) in [5.41, 5.74) is 1.31. The molecule has 0 spiro atoms. The van der Waals surface area contributed by atoms with Crippen LogP contribution < -0.4 is 16.0 Å². The van der Waals surface area contributed by atoms with Crippen LogP contribution in [0.2, 0.25) is 0 Å². The molecule has 3 amide bonds. The fraction of sp³-hybridized carbons (Fsp3) is 0.353. The van der Waals surface area contributed by atoms with Crippen LogP contribution in [0.1, 0.15) is 24.6 Å². The summed E-state index contributed by atoms with van der Waals surface area (Å²) < 4.78 is 18.1. The van der Waals surface area contributed by atoms with E-state index < -0.39 is 6.03 Å². The minimum absolute atomic E-state index is 0.130. The summed E-state index contributed by atoms with van der Waals surface area (Å²) in [6.07, 6.45) is 0.123. The molecule has 7 nitrogen and oxygen atoms in total. The molecular weight excluding hydrogens is 359 g/mol. The lowest BCUT2D eigenvalue weighted by molar-refractivity contribution is -0.123. The van der Waals surface area contributed by atoms with Gasteiger partial charge >= 0.3 is 6.03 Å². The van der Waals surface area contributed by atoms with Crippen molar-refractivity contribution in [2.45, 2.75) is 32.5 Å². The van der Waals surface area contributed by atoms with E-state index in [-0.39, 0.29) is 37.3 Å². The molecule has 1 atom stereocenters. The number of rotatable bonds is 8. The highest BCUT2D eigenvalue weighted by Crippen LogP contribution is 2.15. The van der Waals surface area contributed by atoms with Crippen LogP contribution in [0.5, 0.6) is 0 Å². The van der Waals surface area contributed by atoms with E-state index in [0.29, 0.717) is 16.4 Å². The minimum Gasteiger partial charge on any atom is -0.381 e. The van der Waals surface area contributed by atoms with Gasteiger partial charge < -0.3 is 15.4 Å². The highest BCUT2D eigenvalue weighted by atomic mass is 32.1. The number of ether oxygens (including phenoxy) is 1. The number of carbonyl (C=O) groups excluding carboxylic acids is 2. The van der Waals surface area contributed by atoms with Crippen LogP contribution in [-0.2, 0) is 22.6 Å². The van der Waals surface area contributed by atoms with Crippen molar-refractivity contribution in [1.29, 1.82) is 0 Å². The average molecular weight is 380 g/mol. The summed E-state index contributed by atoms with van der Waals surface area (Å²) in [5, 5.41) is 10.1. The average Bonchev–Trinajstić information content (AvgIpc) is 3.05. The number of anilines is 1. The number of benzene rings is 1. The van der Waals surface area contributed by atoms with Gasteiger partial charge in [0.25, 0.3) is 0 Å². The van der Waals surface area contributed by atoms with Crippen LogP contribution in [0, 0.1) is 5.82 Å². The van der Waals surface area contributed by atoms with Crippen molar-refractivity contribution in [3.63, 3.8) is 0 Å². The first-order valence-corrected chi connectivity index (χ1v) is 8.87. The van der Waals surface area contributed by atoms with E-state index in [2.05, 4.69) is 20.9 Å². The first kappa shape index (κ1) is 19.8. The first-order valence-electron chi connectivity index (χ1n) is 7.99. The molecule has 1 aromatic heterocycles. The van der Waals surface area contributed by atoms with Crippen molar-refractivity contribution in [2.75, 3.05) is 12.4 Å². The summed E-state index contributed by atoms with van der Waals surface area (Å²) in [6.45, 7) is 2.29. The Bertz CT molecular complexity index is 753. The number of methoxy groups -OCH3 is 1. The van der Waals surface area contributed by atoms with E-state index in [1.165, 1.54) is 23.5 Å². The molecule has 0 saturated heterocycles. The third-order valence-electron chi connectivity index (χ3n) is 3.46. The van der Waals surface area contributed by atoms with Crippen LogP contribution in [-0.4, -0.2) is 30.1 Å². The van der Waals surface area contributed by atoms with E-state index in [4.69, 9.17) is 4.74 Å². The highest BCUT2D eigenvalue weighted by molar-refractivity contribution is 7.13. The highest BCUT2D eigenvalue weighted by Gasteiger charge is 2.10. The number of carbonyl (C=O) groups is 2. The van der Waals surface area contributed by atoms with Gasteiger partial charge in [-0.05, 0) is 24.6 Å². The Hall–Kier alpha value is -2.52. The van der Waals surface area contributed by atoms with Gasteiger partial charge in [0.2, 0.25) is 5.91 Å². The number of halogens is 1. The predicted molar refractivity (Wildman–Crippen MR) is 97.3 cm³/mol. The number of amides is 3.